The second-order valence-electron chi connectivity index (χ2n) is 6.32. The van der Waals surface area contributed by atoms with E-state index in [1.807, 2.05) is 26.8 Å². The zero-order chi connectivity index (χ0) is 18.8. The summed E-state index contributed by atoms with van der Waals surface area (Å²) in [5.41, 5.74) is 2.83. The summed E-state index contributed by atoms with van der Waals surface area (Å²) < 4.78 is 39.2. The first-order valence-electron chi connectivity index (χ1n) is 8.05. The van der Waals surface area contributed by atoms with Gasteiger partial charge in [-0.05, 0) is 60.7 Å². The molecule has 0 spiro atoms. The number of hydrogen-bond donors (Lipinski definition) is 1. The van der Waals surface area contributed by atoms with E-state index < -0.39 is 10.0 Å². The first kappa shape index (κ1) is 19.1. The van der Waals surface area contributed by atoms with Crippen molar-refractivity contribution < 1.29 is 17.9 Å². The van der Waals surface area contributed by atoms with E-state index in [4.69, 9.17) is 9.47 Å². The monoisotopic (exact) mass is 363 g/mol. The summed E-state index contributed by atoms with van der Waals surface area (Å²) in [7, 11) is -0.660. The van der Waals surface area contributed by atoms with E-state index >= 15 is 0 Å². The molecule has 0 bridgehead atoms. The van der Waals surface area contributed by atoms with Crippen molar-refractivity contribution in [3.05, 3.63) is 47.0 Å². The highest BCUT2D eigenvalue weighted by Gasteiger charge is 2.22. The average Bonchev–Trinajstić information content (AvgIpc) is 2.53. The van der Waals surface area contributed by atoms with Crippen LogP contribution in [-0.4, -0.2) is 22.6 Å². The standard InChI is InChI=1S/C19H25NO4S/c1-12(2)15-11-19(14(4)10-18(15)24-6)25(21,22)20-16-9-13(3)7-8-17(16)23-5/h7-12,20H,1-6H3. The fraction of sp³-hybridized carbons (Fsp3) is 0.368. The molecule has 0 amide bonds. The highest BCUT2D eigenvalue weighted by Crippen LogP contribution is 2.33. The Morgan fingerprint density at radius 3 is 2.16 bits per heavy atom. The number of aryl methyl sites for hydroxylation is 2. The summed E-state index contributed by atoms with van der Waals surface area (Å²) in [6, 6.07) is 8.80. The quantitative estimate of drug-likeness (QED) is 0.833. The van der Waals surface area contributed by atoms with Crippen LogP contribution in [0.3, 0.4) is 0 Å². The molecule has 0 fully saturated rings. The summed E-state index contributed by atoms with van der Waals surface area (Å²) >= 11 is 0. The Balaban J connectivity index is 2.54. The molecule has 136 valence electrons. The van der Waals surface area contributed by atoms with E-state index in [-0.39, 0.29) is 10.8 Å². The third kappa shape index (κ3) is 4.07. The lowest BCUT2D eigenvalue weighted by molar-refractivity contribution is 0.406. The van der Waals surface area contributed by atoms with Gasteiger partial charge in [0.25, 0.3) is 10.0 Å². The molecule has 0 saturated heterocycles. The SMILES string of the molecule is COc1ccc(C)cc1NS(=O)(=O)c1cc(C(C)C)c(OC)cc1C. The van der Waals surface area contributed by atoms with Crippen molar-refractivity contribution in [2.75, 3.05) is 18.9 Å². The Morgan fingerprint density at radius 1 is 0.960 bits per heavy atom. The van der Waals surface area contributed by atoms with Crippen LogP contribution in [0.15, 0.2) is 35.2 Å². The highest BCUT2D eigenvalue weighted by molar-refractivity contribution is 7.92. The Morgan fingerprint density at radius 2 is 1.60 bits per heavy atom. The van der Waals surface area contributed by atoms with Gasteiger partial charge in [-0.2, -0.15) is 0 Å². The first-order valence-corrected chi connectivity index (χ1v) is 9.54. The first-order chi connectivity index (χ1) is 11.7. The summed E-state index contributed by atoms with van der Waals surface area (Å²) in [5.74, 6) is 1.31. The number of hydrogen-bond acceptors (Lipinski definition) is 4. The highest BCUT2D eigenvalue weighted by atomic mass is 32.2. The van der Waals surface area contributed by atoms with Gasteiger partial charge in [-0.15, -0.1) is 0 Å². The van der Waals surface area contributed by atoms with Crippen molar-refractivity contribution in [2.24, 2.45) is 0 Å². The van der Waals surface area contributed by atoms with Crippen LogP contribution in [-0.2, 0) is 10.0 Å². The predicted molar refractivity (Wildman–Crippen MR) is 100 cm³/mol. The maximum atomic E-state index is 13.0. The fourth-order valence-corrected chi connectivity index (χ4v) is 4.02. The van der Waals surface area contributed by atoms with Crippen molar-refractivity contribution in [2.45, 2.75) is 38.5 Å². The van der Waals surface area contributed by atoms with Gasteiger partial charge in [-0.3, -0.25) is 4.72 Å². The maximum Gasteiger partial charge on any atom is 0.262 e. The summed E-state index contributed by atoms with van der Waals surface area (Å²) in [6.07, 6.45) is 0. The summed E-state index contributed by atoms with van der Waals surface area (Å²) in [4.78, 5) is 0.237. The van der Waals surface area contributed by atoms with E-state index in [1.165, 1.54) is 7.11 Å². The smallest absolute Gasteiger partial charge is 0.262 e. The minimum Gasteiger partial charge on any atom is -0.496 e. The number of anilines is 1. The molecule has 5 nitrogen and oxygen atoms in total. The van der Waals surface area contributed by atoms with Crippen LogP contribution in [0.2, 0.25) is 0 Å². The molecule has 1 N–H and O–H groups in total. The van der Waals surface area contributed by atoms with Gasteiger partial charge in [0.2, 0.25) is 0 Å². The van der Waals surface area contributed by atoms with Gasteiger partial charge in [0.15, 0.2) is 0 Å². The molecule has 0 aliphatic rings. The molecule has 0 aliphatic heterocycles. The van der Waals surface area contributed by atoms with Crippen LogP contribution in [0.4, 0.5) is 5.69 Å². The summed E-state index contributed by atoms with van der Waals surface area (Å²) in [5, 5.41) is 0. The van der Waals surface area contributed by atoms with Crippen LogP contribution in [0.25, 0.3) is 0 Å². The van der Waals surface area contributed by atoms with E-state index in [0.717, 1.165) is 11.1 Å². The van der Waals surface area contributed by atoms with E-state index in [1.54, 1.807) is 38.3 Å². The number of nitrogens with one attached hydrogen (secondary N) is 1. The lowest BCUT2D eigenvalue weighted by atomic mass is 10.0. The van der Waals surface area contributed by atoms with Crippen LogP contribution in [0.1, 0.15) is 36.5 Å². The third-order valence-corrected chi connectivity index (χ3v) is 5.55. The lowest BCUT2D eigenvalue weighted by Gasteiger charge is -2.18. The van der Waals surface area contributed by atoms with Gasteiger partial charge < -0.3 is 9.47 Å². The van der Waals surface area contributed by atoms with Gasteiger partial charge in [0, 0.05) is 0 Å². The normalized spacial score (nSPS) is 11.5. The fourth-order valence-electron chi connectivity index (χ4n) is 2.70. The van der Waals surface area contributed by atoms with Gasteiger partial charge in [0.1, 0.15) is 11.5 Å². The molecule has 25 heavy (non-hydrogen) atoms. The molecule has 6 heteroatoms. The van der Waals surface area contributed by atoms with E-state index in [9.17, 15) is 8.42 Å². The van der Waals surface area contributed by atoms with Gasteiger partial charge in [0.05, 0.1) is 24.8 Å². The van der Waals surface area contributed by atoms with Crippen molar-refractivity contribution >= 4 is 15.7 Å². The second kappa shape index (κ2) is 7.35. The lowest BCUT2D eigenvalue weighted by Crippen LogP contribution is -2.16. The zero-order valence-electron chi connectivity index (χ0n) is 15.5. The molecule has 0 atom stereocenters. The van der Waals surface area contributed by atoms with Gasteiger partial charge in [-0.25, -0.2) is 8.42 Å². The van der Waals surface area contributed by atoms with Crippen LogP contribution >= 0.6 is 0 Å². The molecule has 0 aromatic heterocycles. The van der Waals surface area contributed by atoms with Crippen molar-refractivity contribution in [1.29, 1.82) is 0 Å². The number of methoxy groups -OCH3 is 2. The molecule has 0 radical (unpaired) electrons. The molecule has 2 rings (SSSR count). The molecule has 0 unspecified atom stereocenters. The maximum absolute atomic E-state index is 13.0. The Bertz CT molecular complexity index is 873. The molecule has 0 heterocycles. The molecular formula is C19H25NO4S. The summed E-state index contributed by atoms with van der Waals surface area (Å²) in [6.45, 7) is 7.66. The van der Waals surface area contributed by atoms with Gasteiger partial charge in [-0.1, -0.05) is 19.9 Å². The molecule has 2 aromatic carbocycles. The van der Waals surface area contributed by atoms with Crippen molar-refractivity contribution in [3.8, 4) is 11.5 Å². The number of rotatable bonds is 6. The second-order valence-corrected chi connectivity index (χ2v) is 7.97. The minimum atomic E-state index is -3.76. The largest absolute Gasteiger partial charge is 0.496 e. The van der Waals surface area contributed by atoms with Crippen molar-refractivity contribution in [3.63, 3.8) is 0 Å². The number of ether oxygens (including phenoxy) is 2. The molecule has 0 saturated carbocycles. The Hall–Kier alpha value is -2.21. The number of sulfonamides is 1. The van der Waals surface area contributed by atoms with E-state index in [0.29, 0.717) is 22.7 Å². The van der Waals surface area contributed by atoms with E-state index in [2.05, 4.69) is 4.72 Å². The topological polar surface area (TPSA) is 64.6 Å². The van der Waals surface area contributed by atoms with Crippen LogP contribution < -0.4 is 14.2 Å². The molecule has 0 aliphatic carbocycles. The zero-order valence-corrected chi connectivity index (χ0v) is 16.3. The van der Waals surface area contributed by atoms with Gasteiger partial charge >= 0.3 is 0 Å². The van der Waals surface area contributed by atoms with Crippen LogP contribution in [0, 0.1) is 13.8 Å². The number of benzene rings is 2. The van der Waals surface area contributed by atoms with Crippen molar-refractivity contribution in [1.82, 2.24) is 0 Å². The third-order valence-electron chi connectivity index (χ3n) is 4.04. The average molecular weight is 363 g/mol. The minimum absolute atomic E-state index is 0.137. The molecular weight excluding hydrogens is 338 g/mol. The Kier molecular flexibility index (Phi) is 5.62. The predicted octanol–water partition coefficient (Wildman–Crippen LogP) is 4.24. The molecule has 2 aromatic rings. The Labute approximate surface area is 150 Å². The van der Waals surface area contributed by atoms with Crippen LogP contribution in [0.5, 0.6) is 11.5 Å².